The summed E-state index contributed by atoms with van der Waals surface area (Å²) in [6, 6.07) is 12.4. The molecule has 0 aliphatic rings. The van der Waals surface area contributed by atoms with Crippen molar-refractivity contribution in [2.75, 3.05) is 12.8 Å². The van der Waals surface area contributed by atoms with Crippen molar-refractivity contribution in [3.05, 3.63) is 64.7 Å². The van der Waals surface area contributed by atoms with Crippen LogP contribution >= 0.6 is 7.14 Å². The predicted molar refractivity (Wildman–Crippen MR) is 119 cm³/mol. The van der Waals surface area contributed by atoms with Gasteiger partial charge in [0.25, 0.3) is 0 Å². The van der Waals surface area contributed by atoms with Gasteiger partial charge in [-0.1, -0.05) is 74.2 Å². The number of esters is 1. The highest BCUT2D eigenvalue weighted by Crippen LogP contribution is 2.49. The quantitative estimate of drug-likeness (QED) is 0.290. The molecule has 0 aliphatic carbocycles. The lowest BCUT2D eigenvalue weighted by atomic mass is 10.0. The average Bonchev–Trinajstić information content (AvgIpc) is 2.67. The first kappa shape index (κ1) is 23.1. The van der Waals surface area contributed by atoms with Gasteiger partial charge in [-0.2, -0.15) is 0 Å². The number of carbonyl (C=O) groups excluding carboxylic acids is 2. The van der Waals surface area contributed by atoms with E-state index in [0.717, 1.165) is 42.4 Å². The smallest absolute Gasteiger partial charge is 0.314 e. The maximum atomic E-state index is 14.0. The molecule has 5 heteroatoms. The molecular formula is C24H31O4P. The van der Waals surface area contributed by atoms with Gasteiger partial charge >= 0.3 is 5.97 Å². The Morgan fingerprint density at radius 3 is 2.14 bits per heavy atom. The SMILES string of the molecule is CCCCCCOC(=O)CP(=O)(C(=O)c1c(C)cc(C)cc1C)c1ccccc1. The molecular weight excluding hydrogens is 383 g/mol. The molecule has 29 heavy (non-hydrogen) atoms. The number of rotatable bonds is 10. The van der Waals surface area contributed by atoms with E-state index < -0.39 is 24.8 Å². The topological polar surface area (TPSA) is 60.4 Å². The third-order valence-electron chi connectivity index (χ3n) is 5.00. The number of hydrogen-bond acceptors (Lipinski definition) is 4. The number of carbonyl (C=O) groups is 2. The van der Waals surface area contributed by atoms with Gasteiger partial charge in [0.05, 0.1) is 6.61 Å². The van der Waals surface area contributed by atoms with Crippen LogP contribution in [0.2, 0.25) is 0 Å². The summed E-state index contributed by atoms with van der Waals surface area (Å²) in [6.07, 6.45) is 3.54. The van der Waals surface area contributed by atoms with Crippen LogP contribution < -0.4 is 5.30 Å². The van der Waals surface area contributed by atoms with Gasteiger partial charge in [0.1, 0.15) is 6.16 Å². The van der Waals surface area contributed by atoms with E-state index in [9.17, 15) is 14.2 Å². The highest BCUT2D eigenvalue weighted by molar-refractivity contribution is 7.88. The summed E-state index contributed by atoms with van der Waals surface area (Å²) in [4.78, 5) is 26.0. The minimum atomic E-state index is -3.68. The van der Waals surface area contributed by atoms with E-state index in [1.165, 1.54) is 0 Å². The Hall–Kier alpha value is -2.19. The van der Waals surface area contributed by atoms with Gasteiger partial charge < -0.3 is 9.30 Å². The molecule has 156 valence electrons. The molecule has 2 rings (SSSR count). The first-order chi connectivity index (χ1) is 13.8. The second kappa shape index (κ2) is 10.5. The Labute approximate surface area is 174 Å². The van der Waals surface area contributed by atoms with Crippen LogP contribution in [0.5, 0.6) is 0 Å². The monoisotopic (exact) mass is 414 g/mol. The first-order valence-corrected chi connectivity index (χ1v) is 12.1. The van der Waals surface area contributed by atoms with Crippen molar-refractivity contribution in [2.24, 2.45) is 0 Å². The fraction of sp³-hybridized carbons (Fsp3) is 0.417. The summed E-state index contributed by atoms with van der Waals surface area (Å²) in [5, 5.41) is 0.396. The van der Waals surface area contributed by atoms with Crippen molar-refractivity contribution in [3.8, 4) is 0 Å². The number of benzene rings is 2. The summed E-state index contributed by atoms with van der Waals surface area (Å²) in [5.41, 5.74) is 2.56. The molecule has 2 aromatic carbocycles. The maximum absolute atomic E-state index is 14.0. The lowest BCUT2D eigenvalue weighted by Crippen LogP contribution is -2.23. The van der Waals surface area contributed by atoms with Crippen LogP contribution in [0, 0.1) is 20.8 Å². The minimum Gasteiger partial charge on any atom is -0.465 e. The summed E-state index contributed by atoms with van der Waals surface area (Å²) >= 11 is 0. The van der Waals surface area contributed by atoms with Crippen LogP contribution in [0.25, 0.3) is 0 Å². The molecule has 0 saturated heterocycles. The van der Waals surface area contributed by atoms with Gasteiger partial charge in [-0.15, -0.1) is 0 Å². The van der Waals surface area contributed by atoms with E-state index in [1.807, 2.05) is 32.9 Å². The molecule has 0 aliphatic heterocycles. The minimum absolute atomic E-state index is 0.296. The van der Waals surface area contributed by atoms with E-state index in [1.54, 1.807) is 30.3 Å². The van der Waals surface area contributed by atoms with E-state index in [0.29, 0.717) is 17.5 Å². The van der Waals surface area contributed by atoms with Crippen molar-refractivity contribution in [2.45, 2.75) is 53.4 Å². The van der Waals surface area contributed by atoms with Crippen LogP contribution in [0.1, 0.15) is 59.7 Å². The zero-order valence-corrected chi connectivity index (χ0v) is 18.8. The van der Waals surface area contributed by atoms with Crippen LogP contribution in [0.3, 0.4) is 0 Å². The molecule has 2 aromatic rings. The fourth-order valence-electron chi connectivity index (χ4n) is 3.59. The number of ether oxygens (including phenoxy) is 1. The van der Waals surface area contributed by atoms with Crippen molar-refractivity contribution in [1.29, 1.82) is 0 Å². The summed E-state index contributed by atoms with van der Waals surface area (Å²) < 4.78 is 19.3. The largest absolute Gasteiger partial charge is 0.465 e. The molecule has 0 spiro atoms. The van der Waals surface area contributed by atoms with Gasteiger partial charge in [-0.25, -0.2) is 0 Å². The van der Waals surface area contributed by atoms with Crippen molar-refractivity contribution < 1.29 is 18.9 Å². The zero-order chi connectivity index (χ0) is 21.4. The molecule has 1 unspecified atom stereocenters. The molecule has 0 radical (unpaired) electrons. The summed E-state index contributed by atoms with van der Waals surface area (Å²) in [6.45, 7) is 8.05. The Morgan fingerprint density at radius 2 is 1.55 bits per heavy atom. The van der Waals surface area contributed by atoms with Gasteiger partial charge in [-0.3, -0.25) is 9.59 Å². The van der Waals surface area contributed by atoms with E-state index >= 15 is 0 Å². The van der Waals surface area contributed by atoms with Gasteiger partial charge in [0.2, 0.25) is 5.52 Å². The van der Waals surface area contributed by atoms with E-state index in [-0.39, 0.29) is 0 Å². The van der Waals surface area contributed by atoms with Crippen LogP contribution in [-0.2, 0) is 14.1 Å². The number of aryl methyl sites for hydroxylation is 3. The Bertz CT molecular complexity index is 879. The van der Waals surface area contributed by atoms with E-state index in [2.05, 4.69) is 6.92 Å². The standard InChI is InChI=1S/C24H31O4P/c1-5-6-7-11-14-28-22(25)17-29(27,21-12-9-8-10-13-21)24(26)23-19(3)15-18(2)16-20(23)4/h8-10,12-13,15-16H,5-7,11,14,17H2,1-4H3. The second-order valence-electron chi connectivity index (χ2n) is 7.59. The predicted octanol–water partition coefficient (Wildman–Crippen LogP) is 5.56. The Morgan fingerprint density at radius 1 is 0.931 bits per heavy atom. The second-order valence-corrected chi connectivity index (χ2v) is 10.3. The number of hydrogen-bond donors (Lipinski definition) is 0. The molecule has 1 atom stereocenters. The Balaban J connectivity index is 2.32. The molecule has 0 heterocycles. The summed E-state index contributed by atoms with van der Waals surface area (Å²) in [5.74, 6) is -0.579. The Kier molecular flexibility index (Phi) is 8.40. The van der Waals surface area contributed by atoms with Crippen LogP contribution in [-0.4, -0.2) is 24.3 Å². The van der Waals surface area contributed by atoms with Crippen LogP contribution in [0.4, 0.5) is 0 Å². The van der Waals surface area contributed by atoms with Crippen LogP contribution in [0.15, 0.2) is 42.5 Å². The fourth-order valence-corrected chi connectivity index (χ4v) is 5.97. The molecule has 0 amide bonds. The van der Waals surface area contributed by atoms with Gasteiger partial charge in [0.15, 0.2) is 7.14 Å². The van der Waals surface area contributed by atoms with Crippen molar-refractivity contribution in [3.63, 3.8) is 0 Å². The first-order valence-electron chi connectivity index (χ1n) is 10.2. The van der Waals surface area contributed by atoms with E-state index in [4.69, 9.17) is 4.74 Å². The highest BCUT2D eigenvalue weighted by Gasteiger charge is 2.38. The summed E-state index contributed by atoms with van der Waals surface area (Å²) in [7, 11) is -3.68. The van der Waals surface area contributed by atoms with Gasteiger partial charge in [-0.05, 0) is 38.3 Å². The number of unbranched alkanes of at least 4 members (excludes halogenated alkanes) is 3. The average molecular weight is 414 g/mol. The molecule has 0 saturated carbocycles. The molecule has 0 N–H and O–H groups in total. The molecule has 4 nitrogen and oxygen atoms in total. The van der Waals surface area contributed by atoms with Crippen molar-refractivity contribution >= 4 is 23.9 Å². The third kappa shape index (κ3) is 5.90. The molecule has 0 bridgehead atoms. The van der Waals surface area contributed by atoms with Crippen molar-refractivity contribution in [1.82, 2.24) is 0 Å². The lowest BCUT2D eigenvalue weighted by molar-refractivity contribution is -0.140. The lowest BCUT2D eigenvalue weighted by Gasteiger charge is -2.20. The normalized spacial score (nSPS) is 13.0. The third-order valence-corrected chi connectivity index (χ3v) is 7.72. The zero-order valence-electron chi connectivity index (χ0n) is 17.9. The molecule has 0 aromatic heterocycles. The molecule has 0 fully saturated rings. The van der Waals surface area contributed by atoms with Gasteiger partial charge in [0, 0.05) is 10.9 Å². The maximum Gasteiger partial charge on any atom is 0.314 e. The highest BCUT2D eigenvalue weighted by atomic mass is 31.2.